The zero-order valence-electron chi connectivity index (χ0n) is 37.0. The molecule has 6 aromatic rings. The lowest BCUT2D eigenvalue weighted by Gasteiger charge is -2.35. The number of nitrogens with zero attached hydrogens (tertiary/aromatic N) is 2. The summed E-state index contributed by atoms with van der Waals surface area (Å²) in [5.41, 5.74) is 10.6. The summed E-state index contributed by atoms with van der Waals surface area (Å²) in [6, 6.07) is 43.1. The summed E-state index contributed by atoms with van der Waals surface area (Å²) < 4.78 is 61.8. The molecule has 5 amide bonds. The van der Waals surface area contributed by atoms with Crippen LogP contribution in [0.1, 0.15) is 31.9 Å². The number of fused-ring (bicyclic) bond motifs is 2. The molecule has 2 aliphatic rings. The Labute approximate surface area is 390 Å². The van der Waals surface area contributed by atoms with Crippen LogP contribution in [-0.4, -0.2) is 65.8 Å². The molecule has 348 valence electrons. The van der Waals surface area contributed by atoms with Crippen LogP contribution in [0.25, 0.3) is 0 Å². The molecule has 67 heavy (non-hydrogen) atoms. The van der Waals surface area contributed by atoms with Crippen LogP contribution >= 0.6 is 0 Å². The fourth-order valence-corrected chi connectivity index (χ4v) is 10.6. The van der Waals surface area contributed by atoms with Gasteiger partial charge in [-0.15, -0.1) is 0 Å². The molecule has 0 fully saturated rings. The number of carbonyl (C=O) groups is 3. The van der Waals surface area contributed by atoms with Gasteiger partial charge in [0.2, 0.25) is 0 Å². The Morgan fingerprint density at radius 2 is 0.896 bits per heavy atom. The number of sulfonamides is 2. The van der Waals surface area contributed by atoms with Crippen LogP contribution in [0.5, 0.6) is 0 Å². The van der Waals surface area contributed by atoms with Crippen molar-refractivity contribution in [2.75, 3.05) is 43.0 Å². The Balaban J connectivity index is 0.000000203. The molecule has 2 aliphatic heterocycles. The van der Waals surface area contributed by atoms with E-state index in [1.165, 1.54) is 45.0 Å². The van der Waals surface area contributed by atoms with E-state index in [2.05, 4.69) is 26.6 Å². The molecule has 7 N–H and O–H groups in total. The van der Waals surface area contributed by atoms with Gasteiger partial charge in [-0.25, -0.2) is 31.2 Å². The number of alkyl carbamates (subject to hydrolysis) is 1. The van der Waals surface area contributed by atoms with Crippen molar-refractivity contribution in [3.63, 3.8) is 0 Å². The van der Waals surface area contributed by atoms with Crippen molar-refractivity contribution in [1.29, 1.82) is 0 Å². The number of nitrogens with two attached hydrogens (primary N) is 1. The number of rotatable bonds is 9. The van der Waals surface area contributed by atoms with Crippen LogP contribution < -0.4 is 40.9 Å². The average molecular weight is 945 g/mol. The predicted octanol–water partition coefficient (Wildman–Crippen LogP) is 8.38. The third kappa shape index (κ3) is 12.3. The van der Waals surface area contributed by atoms with Gasteiger partial charge in [-0.05, 0) is 130 Å². The maximum Gasteiger partial charge on any atom is 0.407 e. The molecule has 0 aliphatic carbocycles. The summed E-state index contributed by atoms with van der Waals surface area (Å²) in [5.74, 6) is 0. The smallest absolute Gasteiger partial charge is 0.407 e. The van der Waals surface area contributed by atoms with Crippen LogP contribution in [0, 0.1) is 0 Å². The first-order valence-electron chi connectivity index (χ1n) is 21.4. The maximum absolute atomic E-state index is 13.7. The average Bonchev–Trinajstić information content (AvgIpc) is 3.29. The second-order valence-electron chi connectivity index (χ2n) is 16.8. The van der Waals surface area contributed by atoms with Gasteiger partial charge in [0.05, 0.1) is 33.8 Å². The van der Waals surface area contributed by atoms with Gasteiger partial charge in [0, 0.05) is 35.3 Å². The first-order valence-corrected chi connectivity index (χ1v) is 24.3. The van der Waals surface area contributed by atoms with Gasteiger partial charge in [-0.1, -0.05) is 72.8 Å². The highest BCUT2D eigenvalue weighted by Crippen LogP contribution is 2.34. The molecule has 2 atom stereocenters. The van der Waals surface area contributed by atoms with E-state index in [0.717, 1.165) is 11.1 Å². The predicted molar refractivity (Wildman–Crippen MR) is 262 cm³/mol. The van der Waals surface area contributed by atoms with Gasteiger partial charge < -0.3 is 37.1 Å². The van der Waals surface area contributed by atoms with E-state index in [4.69, 9.17) is 10.5 Å². The van der Waals surface area contributed by atoms with Gasteiger partial charge >= 0.3 is 18.2 Å². The highest BCUT2D eigenvalue weighted by molar-refractivity contribution is 7.93. The molecule has 8 rings (SSSR count). The van der Waals surface area contributed by atoms with Gasteiger partial charge in [0.25, 0.3) is 20.0 Å². The Hall–Kier alpha value is -7.41. The third-order valence-electron chi connectivity index (χ3n) is 10.4. The number of carbonyl (C=O) groups excluding carboxylic acids is 3. The SMILES string of the molecule is CC(C)(C)OC(=O)NC1Cc2ccccc2N(S(=O)(=O)c2ccc(NC(=O)Nc3ccccc3)cc2)C1.NC1Cc2ccccc2N(S(=O)(=O)c2ccc(NC(=O)Nc3ccccc3)cc2)C1. The Morgan fingerprint density at radius 1 is 0.522 bits per heavy atom. The monoisotopic (exact) mass is 944 g/mol. The topological polar surface area (TPSA) is 221 Å². The summed E-state index contributed by atoms with van der Waals surface area (Å²) in [4.78, 5) is 37.0. The summed E-state index contributed by atoms with van der Waals surface area (Å²) in [7, 11) is -7.74. The maximum atomic E-state index is 13.7. The third-order valence-corrected chi connectivity index (χ3v) is 14.0. The minimum Gasteiger partial charge on any atom is -0.444 e. The Bertz CT molecular complexity index is 2920. The van der Waals surface area contributed by atoms with Crippen LogP contribution in [-0.2, 0) is 37.6 Å². The second kappa shape index (κ2) is 20.4. The number of anilines is 6. The highest BCUT2D eigenvalue weighted by Gasteiger charge is 2.35. The van der Waals surface area contributed by atoms with E-state index in [-0.39, 0.29) is 28.9 Å². The molecule has 0 saturated heterocycles. The Kier molecular flexibility index (Phi) is 14.5. The number of amides is 5. The van der Waals surface area contributed by atoms with Crippen molar-refractivity contribution in [3.8, 4) is 0 Å². The van der Waals surface area contributed by atoms with Crippen LogP contribution in [0.15, 0.2) is 168 Å². The molecule has 16 nitrogen and oxygen atoms in total. The number of urea groups is 2. The number of hydrogen-bond donors (Lipinski definition) is 6. The van der Waals surface area contributed by atoms with Crippen molar-refractivity contribution in [3.05, 3.63) is 169 Å². The first kappa shape index (κ1) is 47.5. The van der Waals surface area contributed by atoms with E-state index in [1.807, 2.05) is 66.7 Å². The summed E-state index contributed by atoms with van der Waals surface area (Å²) in [6.45, 7) is 5.58. The lowest BCUT2D eigenvalue weighted by Crippen LogP contribution is -2.51. The largest absolute Gasteiger partial charge is 0.444 e. The molecule has 0 spiro atoms. The standard InChI is InChI=1S/C27H30N4O5S.C22H22N4O3S/c1-27(2,3)36-26(33)30-22-17-19-9-7-8-12-24(19)31(18-22)37(34,35)23-15-13-21(14-16-23)29-25(32)28-20-10-5-4-6-11-20;23-17-14-16-6-4-5-9-21(16)26(15-17)30(28,29)20-12-10-19(11-13-20)25-22(27)24-18-7-2-1-3-8-18/h4-16,22H,17-18H2,1-3H3,(H,30,33)(H2,28,29,32);1-13,17H,14-15,23H2,(H2,24,25,27). The molecule has 6 aromatic carbocycles. The van der Waals surface area contributed by atoms with Crippen LogP contribution in [0.2, 0.25) is 0 Å². The van der Waals surface area contributed by atoms with Crippen molar-refractivity contribution in [2.24, 2.45) is 5.73 Å². The lowest BCUT2D eigenvalue weighted by molar-refractivity contribution is 0.0505. The van der Waals surface area contributed by atoms with E-state index < -0.39 is 49.8 Å². The lowest BCUT2D eigenvalue weighted by atomic mass is 10.00. The number of nitrogens with one attached hydrogen (secondary N) is 5. The van der Waals surface area contributed by atoms with Gasteiger partial charge in [-0.3, -0.25) is 8.61 Å². The minimum atomic E-state index is -3.96. The number of ether oxygens (including phenoxy) is 1. The fourth-order valence-electron chi connectivity index (χ4n) is 7.47. The van der Waals surface area contributed by atoms with Gasteiger partial charge in [0.1, 0.15) is 5.60 Å². The van der Waals surface area contributed by atoms with E-state index in [9.17, 15) is 31.2 Å². The number of hydrogen-bond acceptors (Lipinski definition) is 9. The highest BCUT2D eigenvalue weighted by atomic mass is 32.2. The van der Waals surface area contributed by atoms with Crippen molar-refractivity contribution < 1.29 is 36.0 Å². The molecular weight excluding hydrogens is 893 g/mol. The second-order valence-corrected chi connectivity index (χ2v) is 20.5. The van der Waals surface area contributed by atoms with Gasteiger partial charge in [0.15, 0.2) is 0 Å². The van der Waals surface area contributed by atoms with E-state index in [1.54, 1.807) is 75.4 Å². The minimum absolute atomic E-state index is 0.0536. The summed E-state index contributed by atoms with van der Waals surface area (Å²) in [6.07, 6.45) is 0.515. The van der Waals surface area contributed by atoms with Crippen molar-refractivity contribution in [1.82, 2.24) is 5.32 Å². The summed E-state index contributed by atoms with van der Waals surface area (Å²) >= 11 is 0. The number of para-hydroxylation sites is 4. The van der Waals surface area contributed by atoms with Crippen molar-refractivity contribution in [2.45, 2.75) is 61.1 Å². The molecule has 18 heteroatoms. The molecule has 0 bridgehead atoms. The molecule has 0 aromatic heterocycles. The normalized spacial score (nSPS) is 15.6. The first-order chi connectivity index (χ1) is 31.9. The summed E-state index contributed by atoms with van der Waals surface area (Å²) in [5, 5.41) is 13.6. The van der Waals surface area contributed by atoms with Crippen LogP contribution in [0.3, 0.4) is 0 Å². The quantitative estimate of drug-likeness (QED) is 0.0818. The zero-order chi connectivity index (χ0) is 47.8. The Morgan fingerprint density at radius 3 is 1.33 bits per heavy atom. The molecule has 0 radical (unpaired) electrons. The van der Waals surface area contributed by atoms with E-state index in [0.29, 0.717) is 47.0 Å². The van der Waals surface area contributed by atoms with E-state index >= 15 is 0 Å². The molecule has 0 saturated carbocycles. The zero-order valence-corrected chi connectivity index (χ0v) is 38.7. The van der Waals surface area contributed by atoms with Gasteiger partial charge in [-0.2, -0.15) is 0 Å². The molecule has 2 heterocycles. The molecule has 2 unspecified atom stereocenters. The van der Waals surface area contributed by atoms with Crippen molar-refractivity contribution >= 4 is 72.3 Å². The van der Waals surface area contributed by atoms with Crippen LogP contribution in [0.4, 0.5) is 48.5 Å². The number of benzene rings is 6. The fraction of sp³-hybridized carbons (Fsp3) is 0.204. The molecular formula is C49H52N8O8S2.